The first kappa shape index (κ1) is 74.3. The Labute approximate surface area is 507 Å². The standard InChI is InChI=1S/C58H90N2O23S3/c1-57(19-23-74-29-31-78-37-39-82-43-41-80-35-33-76-27-25-72-3)50-46-48(85(66,67)68)15-17-52(50)59(21-10-6-9-14-56(61)62)54(57)12-7-5-8-13-55-58(2,20-24-75-30-32-79-38-40-83-44-42-81-36-34-77-28-26-73-4)51-47-49(86(69,70)71)16-18-53(51)60(55)22-11-45-84(63,64)65/h5,7-8,12-13,15-18,46-47H,6,9-11,14,19-45H2,1-4H3,(H3-,61,62,63,64,65,66,67,68,69,70,71)/p+1. The molecule has 2 heterocycles. The Kier molecular flexibility index (Phi) is 34.4. The van der Waals surface area contributed by atoms with Gasteiger partial charge in [-0.2, -0.15) is 29.8 Å². The van der Waals surface area contributed by atoms with E-state index in [-0.39, 0.29) is 68.8 Å². The fourth-order valence-electron chi connectivity index (χ4n) is 9.68. The van der Waals surface area contributed by atoms with Crippen molar-refractivity contribution in [2.45, 2.75) is 79.4 Å². The number of carboxylic acids is 1. The van der Waals surface area contributed by atoms with Crippen LogP contribution in [0.25, 0.3) is 0 Å². The van der Waals surface area contributed by atoms with Crippen LogP contribution in [0.1, 0.15) is 69.9 Å². The Balaban J connectivity index is 1.54. The van der Waals surface area contributed by atoms with Gasteiger partial charge < -0.3 is 66.8 Å². The molecule has 2 aromatic carbocycles. The molecular formula is C58H91N2O23S3+. The maximum atomic E-state index is 12.6. The van der Waals surface area contributed by atoms with E-state index in [9.17, 15) is 48.8 Å². The molecule has 0 saturated heterocycles. The number of unbranched alkanes of at least 4 members (excludes halogenated alkanes) is 2. The molecule has 0 saturated carbocycles. The fourth-order valence-corrected chi connectivity index (χ4v) is 11.2. The van der Waals surface area contributed by atoms with Crippen LogP contribution < -0.4 is 4.90 Å². The zero-order valence-corrected chi connectivity index (χ0v) is 52.6. The average Bonchev–Trinajstić information content (AvgIpc) is 1.62. The molecule has 2 aromatic rings. The van der Waals surface area contributed by atoms with Crippen LogP contribution >= 0.6 is 0 Å². The van der Waals surface area contributed by atoms with Gasteiger partial charge in [-0.15, -0.1) is 0 Å². The van der Waals surface area contributed by atoms with Crippen molar-refractivity contribution in [1.82, 2.24) is 0 Å². The van der Waals surface area contributed by atoms with Crippen LogP contribution in [0.2, 0.25) is 0 Å². The van der Waals surface area contributed by atoms with E-state index in [1.54, 1.807) is 38.5 Å². The fraction of sp³-hybridized carbons (Fsp3) is 0.655. The van der Waals surface area contributed by atoms with E-state index < -0.39 is 52.9 Å². The molecule has 0 amide bonds. The Morgan fingerprint density at radius 3 is 1.40 bits per heavy atom. The summed E-state index contributed by atoms with van der Waals surface area (Å²) in [6.45, 7) is 12.6. The lowest BCUT2D eigenvalue weighted by molar-refractivity contribution is -0.438. The summed E-state index contributed by atoms with van der Waals surface area (Å²) in [5.41, 5.74) is 1.97. The van der Waals surface area contributed by atoms with Crippen LogP contribution in [0.4, 0.5) is 11.4 Å². The number of hydrogen-bond acceptors (Lipinski definition) is 20. The van der Waals surface area contributed by atoms with E-state index in [4.69, 9.17) is 56.8 Å². The number of fused-ring (bicyclic) bond motifs is 2. The molecule has 0 bridgehead atoms. The molecule has 0 spiro atoms. The van der Waals surface area contributed by atoms with Crippen molar-refractivity contribution >= 4 is 53.4 Å². The molecule has 0 fully saturated rings. The van der Waals surface area contributed by atoms with E-state index in [1.165, 1.54) is 24.3 Å². The second kappa shape index (κ2) is 39.8. The van der Waals surface area contributed by atoms with Crippen molar-refractivity contribution in [3.63, 3.8) is 0 Å². The number of methoxy groups -OCH3 is 2. The summed E-state index contributed by atoms with van der Waals surface area (Å²) < 4.78 is 173. The van der Waals surface area contributed by atoms with Gasteiger partial charge in [0.2, 0.25) is 5.69 Å². The van der Waals surface area contributed by atoms with Gasteiger partial charge in [0.15, 0.2) is 5.71 Å². The number of anilines is 1. The number of rotatable bonds is 51. The number of ether oxygens (including phenoxy) is 12. The minimum atomic E-state index is -4.65. The second-order valence-electron chi connectivity index (χ2n) is 20.4. The summed E-state index contributed by atoms with van der Waals surface area (Å²) in [4.78, 5) is 12.6. The van der Waals surface area contributed by atoms with Crippen molar-refractivity contribution in [3.05, 3.63) is 83.6 Å². The van der Waals surface area contributed by atoms with Gasteiger partial charge in [-0.1, -0.05) is 18.2 Å². The largest absolute Gasteiger partial charge is 0.481 e. The Morgan fingerprint density at radius 2 is 0.953 bits per heavy atom. The predicted molar refractivity (Wildman–Crippen MR) is 319 cm³/mol. The lowest BCUT2D eigenvalue weighted by Crippen LogP contribution is -2.33. The summed E-state index contributed by atoms with van der Waals surface area (Å²) in [5, 5.41) is 9.31. The van der Waals surface area contributed by atoms with Gasteiger partial charge in [-0.3, -0.25) is 18.5 Å². The van der Waals surface area contributed by atoms with E-state index >= 15 is 0 Å². The van der Waals surface area contributed by atoms with Crippen LogP contribution in [0.5, 0.6) is 0 Å². The Hall–Kier alpha value is -4.15. The van der Waals surface area contributed by atoms with Crippen LogP contribution in [-0.2, 0) is 103 Å². The molecule has 2 aliphatic rings. The predicted octanol–water partition coefficient (Wildman–Crippen LogP) is 5.47. The number of allylic oxidation sites excluding steroid dienone is 6. The molecule has 4 N–H and O–H groups in total. The zero-order valence-electron chi connectivity index (χ0n) is 50.1. The SMILES string of the molecule is COCCOCCOCCOCCOCCOCCC1(C)C(/C=C/C=C/C=C2/N(CCCS(=O)(=O)O)c3ccc(S(=O)(=O)O)cc3C2(C)CCOCCOCCOCCOCCOCCOC)=[N+](CCCCCC(=O)O)c2ccc(S(=O)(=O)O)cc21. The topological polar surface area (TPSA) is 317 Å². The lowest BCUT2D eigenvalue weighted by Gasteiger charge is -2.30. The van der Waals surface area contributed by atoms with Gasteiger partial charge in [0, 0.05) is 81.3 Å². The van der Waals surface area contributed by atoms with E-state index in [0.29, 0.717) is 173 Å². The Bertz CT molecular complexity index is 2810. The molecule has 488 valence electrons. The minimum Gasteiger partial charge on any atom is -0.481 e. The molecule has 2 atom stereocenters. The van der Waals surface area contributed by atoms with Gasteiger partial charge in [0.1, 0.15) is 6.54 Å². The molecule has 2 aliphatic heterocycles. The van der Waals surface area contributed by atoms with Gasteiger partial charge in [0.25, 0.3) is 30.4 Å². The third-order valence-corrected chi connectivity index (χ3v) is 16.6. The third kappa shape index (κ3) is 26.5. The van der Waals surface area contributed by atoms with Crippen molar-refractivity contribution in [2.75, 3.05) is 183 Å². The highest BCUT2D eigenvalue weighted by Gasteiger charge is 2.48. The number of nitrogens with zero attached hydrogens (tertiary/aromatic N) is 2. The average molecular weight is 1280 g/mol. The van der Waals surface area contributed by atoms with Crippen molar-refractivity contribution in [3.8, 4) is 0 Å². The summed E-state index contributed by atoms with van der Waals surface area (Å²) in [6, 6.07) is 8.66. The van der Waals surface area contributed by atoms with Gasteiger partial charge >= 0.3 is 5.97 Å². The Morgan fingerprint density at radius 1 is 0.523 bits per heavy atom. The van der Waals surface area contributed by atoms with Crippen LogP contribution in [-0.4, -0.2) is 239 Å². The number of benzene rings is 2. The number of carbonyl (C=O) groups is 1. The third-order valence-electron chi connectivity index (χ3n) is 14.1. The van der Waals surface area contributed by atoms with Crippen molar-refractivity contribution in [1.29, 1.82) is 0 Å². The van der Waals surface area contributed by atoms with Crippen molar-refractivity contribution in [2.24, 2.45) is 0 Å². The van der Waals surface area contributed by atoms with Gasteiger partial charge in [-0.05, 0) is 87.9 Å². The van der Waals surface area contributed by atoms with Gasteiger partial charge in [0.05, 0.1) is 153 Å². The summed E-state index contributed by atoms with van der Waals surface area (Å²) in [6.07, 6.45) is 11.4. The van der Waals surface area contributed by atoms with E-state index in [1.807, 2.05) is 37.0 Å². The normalized spacial score (nSPS) is 17.8. The minimum absolute atomic E-state index is 0.00304. The first-order chi connectivity index (χ1) is 41.2. The van der Waals surface area contributed by atoms with Crippen LogP contribution in [0.3, 0.4) is 0 Å². The summed E-state index contributed by atoms with van der Waals surface area (Å²) >= 11 is 0. The molecule has 86 heavy (non-hydrogen) atoms. The highest BCUT2D eigenvalue weighted by atomic mass is 32.2. The number of hydrogen-bond donors (Lipinski definition) is 4. The van der Waals surface area contributed by atoms with Crippen LogP contribution in [0.15, 0.2) is 82.3 Å². The molecule has 28 heteroatoms. The molecule has 25 nitrogen and oxygen atoms in total. The maximum Gasteiger partial charge on any atom is 0.303 e. The van der Waals surface area contributed by atoms with Crippen molar-refractivity contribution < 1.29 is 110 Å². The highest BCUT2D eigenvalue weighted by Crippen LogP contribution is 2.51. The van der Waals surface area contributed by atoms with E-state index in [2.05, 4.69) is 4.58 Å². The first-order valence-corrected chi connectivity index (χ1v) is 33.3. The summed E-state index contributed by atoms with van der Waals surface area (Å²) in [5.74, 6) is -1.44. The quantitative estimate of drug-likeness (QED) is 0.0276. The lowest BCUT2D eigenvalue weighted by atomic mass is 9.76. The molecule has 2 unspecified atom stereocenters. The molecular weight excluding hydrogens is 1190 g/mol. The monoisotopic (exact) mass is 1280 g/mol. The molecule has 0 aromatic heterocycles. The maximum absolute atomic E-state index is 12.6. The number of aliphatic carboxylic acids is 1. The second-order valence-corrected chi connectivity index (χ2v) is 24.8. The molecule has 0 aliphatic carbocycles. The smallest absolute Gasteiger partial charge is 0.303 e. The highest BCUT2D eigenvalue weighted by molar-refractivity contribution is 7.86. The molecule has 4 rings (SSSR count). The van der Waals surface area contributed by atoms with Gasteiger partial charge in [-0.25, -0.2) is 0 Å². The van der Waals surface area contributed by atoms with E-state index in [0.717, 1.165) is 5.71 Å². The first-order valence-electron chi connectivity index (χ1n) is 28.8. The van der Waals surface area contributed by atoms with Crippen LogP contribution in [0, 0.1) is 0 Å². The molecule has 0 radical (unpaired) electrons. The zero-order chi connectivity index (χ0) is 62.7. The number of carboxylic acid groups (broad SMARTS) is 1. The summed E-state index contributed by atoms with van der Waals surface area (Å²) in [7, 11) is -10.4.